The average Bonchev–Trinajstić information content (AvgIpc) is 2.28. The van der Waals surface area contributed by atoms with Gasteiger partial charge in [-0.3, -0.25) is 0 Å². The Morgan fingerprint density at radius 2 is 1.88 bits per heavy atom. The van der Waals surface area contributed by atoms with E-state index in [1.807, 2.05) is 6.92 Å². The molecule has 0 amide bonds. The summed E-state index contributed by atoms with van der Waals surface area (Å²) in [6.45, 7) is 11.0. The first kappa shape index (κ1) is 16.8. The molecule has 0 radical (unpaired) electrons. The molecule has 4 nitrogen and oxygen atoms in total. The van der Waals surface area contributed by atoms with Crippen LogP contribution in [-0.4, -0.2) is 23.7 Å². The zero-order valence-electron chi connectivity index (χ0n) is 9.99. The minimum absolute atomic E-state index is 0.249. The van der Waals surface area contributed by atoms with Crippen molar-refractivity contribution in [2.75, 3.05) is 6.61 Å². The number of esters is 1. The van der Waals surface area contributed by atoms with Crippen molar-refractivity contribution in [3.05, 3.63) is 24.8 Å². The predicted octanol–water partition coefficient (Wildman–Crippen LogP) is 2.55. The van der Waals surface area contributed by atoms with Gasteiger partial charge in [0.25, 0.3) is 0 Å². The number of carbonyl (C=O) groups excluding carboxylic acids is 1. The quantitative estimate of drug-likeness (QED) is 0.431. The normalized spacial score (nSPS) is 8.38. The molecule has 0 heterocycles. The Kier molecular flexibility index (Phi) is 12.1. The Labute approximate surface area is 96.6 Å². The minimum Gasteiger partial charge on any atom is -0.478 e. The van der Waals surface area contributed by atoms with Crippen LogP contribution in [0.15, 0.2) is 24.8 Å². The number of carboxylic acids is 1. The SMILES string of the molecule is C=C(CC)C(=O)OCCCC.C=CC(=O)O. The fourth-order valence-electron chi connectivity index (χ4n) is 0.556. The van der Waals surface area contributed by atoms with Gasteiger partial charge in [0.2, 0.25) is 0 Å². The van der Waals surface area contributed by atoms with Gasteiger partial charge in [0.15, 0.2) is 0 Å². The van der Waals surface area contributed by atoms with Gasteiger partial charge in [0.1, 0.15) is 0 Å². The molecule has 0 aliphatic rings. The second kappa shape index (κ2) is 11.5. The van der Waals surface area contributed by atoms with Crippen LogP contribution in [0.3, 0.4) is 0 Å². The molecule has 0 saturated carbocycles. The molecule has 92 valence electrons. The first-order valence-corrected chi connectivity index (χ1v) is 5.19. The van der Waals surface area contributed by atoms with Crippen molar-refractivity contribution in [1.82, 2.24) is 0 Å². The third kappa shape index (κ3) is 12.4. The highest BCUT2D eigenvalue weighted by Gasteiger charge is 2.04. The van der Waals surface area contributed by atoms with E-state index in [1.165, 1.54) is 0 Å². The van der Waals surface area contributed by atoms with Gasteiger partial charge in [-0.15, -0.1) is 0 Å². The third-order valence-electron chi connectivity index (χ3n) is 1.62. The van der Waals surface area contributed by atoms with Gasteiger partial charge in [-0.05, 0) is 12.8 Å². The first-order chi connectivity index (χ1) is 7.49. The van der Waals surface area contributed by atoms with E-state index in [9.17, 15) is 9.59 Å². The van der Waals surface area contributed by atoms with E-state index >= 15 is 0 Å². The molecule has 0 fully saturated rings. The lowest BCUT2D eigenvalue weighted by Gasteiger charge is -2.03. The number of ether oxygens (including phenoxy) is 1. The first-order valence-electron chi connectivity index (χ1n) is 5.19. The zero-order valence-corrected chi connectivity index (χ0v) is 9.99. The van der Waals surface area contributed by atoms with Crippen molar-refractivity contribution < 1.29 is 19.4 Å². The zero-order chi connectivity index (χ0) is 13.0. The number of hydrogen-bond donors (Lipinski definition) is 1. The lowest BCUT2D eigenvalue weighted by atomic mass is 10.2. The molecule has 4 heteroatoms. The summed E-state index contributed by atoms with van der Waals surface area (Å²) in [6.07, 6.45) is 3.49. The monoisotopic (exact) mass is 228 g/mol. The number of aliphatic carboxylic acids is 1. The van der Waals surface area contributed by atoms with Crippen molar-refractivity contribution in [2.24, 2.45) is 0 Å². The summed E-state index contributed by atoms with van der Waals surface area (Å²) < 4.78 is 4.90. The molecule has 1 N–H and O–H groups in total. The van der Waals surface area contributed by atoms with E-state index in [0.29, 0.717) is 18.6 Å². The molecule has 0 saturated heterocycles. The van der Waals surface area contributed by atoms with Crippen molar-refractivity contribution in [1.29, 1.82) is 0 Å². The second-order valence-corrected chi connectivity index (χ2v) is 2.99. The van der Waals surface area contributed by atoms with E-state index in [-0.39, 0.29) is 5.97 Å². The van der Waals surface area contributed by atoms with Crippen molar-refractivity contribution in [3.63, 3.8) is 0 Å². The van der Waals surface area contributed by atoms with E-state index in [0.717, 1.165) is 18.9 Å². The molecule has 0 aromatic rings. The van der Waals surface area contributed by atoms with Gasteiger partial charge in [-0.2, -0.15) is 0 Å². The van der Waals surface area contributed by atoms with Gasteiger partial charge in [-0.25, -0.2) is 9.59 Å². The predicted molar refractivity (Wildman–Crippen MR) is 63.1 cm³/mol. The lowest BCUT2D eigenvalue weighted by Crippen LogP contribution is -2.07. The Balaban J connectivity index is 0. The lowest BCUT2D eigenvalue weighted by molar-refractivity contribution is -0.139. The van der Waals surface area contributed by atoms with Crippen LogP contribution < -0.4 is 0 Å². The second-order valence-electron chi connectivity index (χ2n) is 2.99. The molecule has 0 aliphatic heterocycles. The van der Waals surface area contributed by atoms with Crippen LogP contribution >= 0.6 is 0 Å². The molecular formula is C12H20O4. The summed E-state index contributed by atoms with van der Waals surface area (Å²) in [4.78, 5) is 20.2. The van der Waals surface area contributed by atoms with E-state index in [1.54, 1.807) is 0 Å². The summed E-state index contributed by atoms with van der Waals surface area (Å²) >= 11 is 0. The highest BCUT2D eigenvalue weighted by molar-refractivity contribution is 5.87. The molecule has 0 unspecified atom stereocenters. The summed E-state index contributed by atoms with van der Waals surface area (Å²) in [7, 11) is 0. The minimum atomic E-state index is -0.981. The maximum Gasteiger partial charge on any atom is 0.333 e. The average molecular weight is 228 g/mol. The maximum atomic E-state index is 10.9. The van der Waals surface area contributed by atoms with Gasteiger partial charge in [0, 0.05) is 11.6 Å². The van der Waals surface area contributed by atoms with Gasteiger partial charge < -0.3 is 9.84 Å². The molecule has 0 bridgehead atoms. The standard InChI is InChI=1S/C9H16O2.C3H4O2/c1-4-6-7-11-9(10)8(3)5-2;1-2-3(4)5/h3-7H2,1-2H3;2H,1H2,(H,4,5). The van der Waals surface area contributed by atoms with Crippen LogP contribution in [0.4, 0.5) is 0 Å². The van der Waals surface area contributed by atoms with Gasteiger partial charge in [-0.1, -0.05) is 33.4 Å². The van der Waals surface area contributed by atoms with E-state index < -0.39 is 5.97 Å². The Morgan fingerprint density at radius 3 is 2.19 bits per heavy atom. The number of carbonyl (C=O) groups is 2. The Morgan fingerprint density at radius 1 is 1.38 bits per heavy atom. The van der Waals surface area contributed by atoms with Crippen LogP contribution in [0.2, 0.25) is 0 Å². The highest BCUT2D eigenvalue weighted by Crippen LogP contribution is 2.00. The molecule has 0 aliphatic carbocycles. The molecule has 16 heavy (non-hydrogen) atoms. The smallest absolute Gasteiger partial charge is 0.333 e. The van der Waals surface area contributed by atoms with Crippen molar-refractivity contribution in [2.45, 2.75) is 33.1 Å². The van der Waals surface area contributed by atoms with Gasteiger partial charge >= 0.3 is 11.9 Å². The number of carboxylic acid groups (broad SMARTS) is 1. The summed E-state index contributed by atoms with van der Waals surface area (Å²) in [6, 6.07) is 0. The van der Waals surface area contributed by atoms with Crippen LogP contribution in [0.1, 0.15) is 33.1 Å². The van der Waals surface area contributed by atoms with Crippen molar-refractivity contribution in [3.8, 4) is 0 Å². The summed E-state index contributed by atoms with van der Waals surface area (Å²) in [5, 5.41) is 7.60. The topological polar surface area (TPSA) is 63.6 Å². The van der Waals surface area contributed by atoms with Crippen molar-refractivity contribution >= 4 is 11.9 Å². The fraction of sp³-hybridized carbons (Fsp3) is 0.500. The van der Waals surface area contributed by atoms with Crippen LogP contribution in [0.5, 0.6) is 0 Å². The third-order valence-corrected chi connectivity index (χ3v) is 1.62. The number of hydrogen-bond acceptors (Lipinski definition) is 3. The highest BCUT2D eigenvalue weighted by atomic mass is 16.5. The largest absolute Gasteiger partial charge is 0.478 e. The summed E-state index contributed by atoms with van der Waals surface area (Å²) in [5.41, 5.74) is 0.557. The molecule has 0 spiro atoms. The summed E-state index contributed by atoms with van der Waals surface area (Å²) in [5.74, 6) is -1.23. The Bertz CT molecular complexity index is 243. The molecular weight excluding hydrogens is 208 g/mol. The van der Waals surface area contributed by atoms with E-state index in [4.69, 9.17) is 9.84 Å². The van der Waals surface area contributed by atoms with E-state index in [2.05, 4.69) is 20.1 Å². The van der Waals surface area contributed by atoms with Crippen LogP contribution in [-0.2, 0) is 14.3 Å². The maximum absolute atomic E-state index is 10.9. The molecule has 0 aromatic carbocycles. The molecule has 0 aromatic heterocycles. The number of rotatable bonds is 6. The fourth-order valence-corrected chi connectivity index (χ4v) is 0.556. The Hall–Kier alpha value is -1.58. The van der Waals surface area contributed by atoms with Crippen LogP contribution in [0, 0.1) is 0 Å². The molecule has 0 atom stereocenters. The van der Waals surface area contributed by atoms with Gasteiger partial charge in [0.05, 0.1) is 6.61 Å². The van der Waals surface area contributed by atoms with Crippen LogP contribution in [0.25, 0.3) is 0 Å². The number of unbranched alkanes of at least 4 members (excludes halogenated alkanes) is 1. The molecule has 0 rings (SSSR count).